The number of rotatable bonds is 2. The van der Waals surface area contributed by atoms with E-state index in [0.717, 1.165) is 0 Å². The Bertz CT molecular complexity index is 1900. The van der Waals surface area contributed by atoms with E-state index in [1.165, 1.54) is 70.9 Å². The van der Waals surface area contributed by atoms with Gasteiger partial charge in [-0.25, -0.2) is 0 Å². The van der Waals surface area contributed by atoms with Crippen molar-refractivity contribution in [2.45, 2.75) is 6.92 Å². The molecule has 0 N–H and O–H groups in total. The standard InChI is InChI=1S/C35H24/c1-23-17-20-32-33(21-23)34(27-19-18-24-9-2-3-11-26(24)22-27)30-14-6-7-15-31(30)35(32)29-16-8-12-25-10-4-5-13-28(25)29/h2-22H,1H3. The van der Waals surface area contributed by atoms with Crippen molar-refractivity contribution in [1.29, 1.82) is 0 Å². The Morgan fingerprint density at radius 3 is 1.83 bits per heavy atom. The van der Waals surface area contributed by atoms with Crippen LogP contribution in [0.25, 0.3) is 65.3 Å². The zero-order chi connectivity index (χ0) is 23.4. The lowest BCUT2D eigenvalue weighted by molar-refractivity contribution is 1.51. The van der Waals surface area contributed by atoms with E-state index in [1.807, 2.05) is 0 Å². The first-order valence-electron chi connectivity index (χ1n) is 12.2. The molecule has 0 heteroatoms. The molecule has 0 atom stereocenters. The van der Waals surface area contributed by atoms with Gasteiger partial charge in [0.25, 0.3) is 0 Å². The lowest BCUT2D eigenvalue weighted by Gasteiger charge is -2.19. The van der Waals surface area contributed by atoms with Crippen LogP contribution in [0.15, 0.2) is 127 Å². The van der Waals surface area contributed by atoms with Gasteiger partial charge in [0.15, 0.2) is 0 Å². The van der Waals surface area contributed by atoms with Gasteiger partial charge in [-0.1, -0.05) is 127 Å². The maximum Gasteiger partial charge on any atom is -0.00201 e. The molecule has 35 heavy (non-hydrogen) atoms. The first-order valence-corrected chi connectivity index (χ1v) is 12.2. The Kier molecular flexibility index (Phi) is 4.47. The normalized spacial score (nSPS) is 11.6. The maximum atomic E-state index is 2.36. The van der Waals surface area contributed by atoms with Gasteiger partial charge in [-0.05, 0) is 78.3 Å². The van der Waals surface area contributed by atoms with Crippen LogP contribution < -0.4 is 0 Å². The number of hydrogen-bond donors (Lipinski definition) is 0. The second-order valence-corrected chi connectivity index (χ2v) is 9.43. The summed E-state index contributed by atoms with van der Waals surface area (Å²) >= 11 is 0. The molecule has 164 valence electrons. The maximum absolute atomic E-state index is 2.36. The van der Waals surface area contributed by atoms with Crippen LogP contribution in [0.1, 0.15) is 5.56 Å². The Labute approximate surface area is 205 Å². The predicted molar refractivity (Wildman–Crippen MR) is 152 cm³/mol. The van der Waals surface area contributed by atoms with Crippen molar-refractivity contribution >= 4 is 43.1 Å². The highest BCUT2D eigenvalue weighted by Crippen LogP contribution is 2.45. The number of aryl methyl sites for hydroxylation is 1. The highest BCUT2D eigenvalue weighted by atomic mass is 14.2. The highest BCUT2D eigenvalue weighted by Gasteiger charge is 2.18. The van der Waals surface area contributed by atoms with Crippen LogP contribution in [-0.2, 0) is 0 Å². The molecule has 7 aromatic carbocycles. The highest BCUT2D eigenvalue weighted by molar-refractivity contribution is 6.23. The van der Waals surface area contributed by atoms with Gasteiger partial charge in [-0.15, -0.1) is 0 Å². The summed E-state index contributed by atoms with van der Waals surface area (Å²) in [6.07, 6.45) is 0. The predicted octanol–water partition coefficient (Wildman–Crippen LogP) is 9.94. The van der Waals surface area contributed by atoms with Crippen molar-refractivity contribution in [3.8, 4) is 22.3 Å². The molecule has 0 saturated carbocycles. The second kappa shape index (κ2) is 7.82. The Balaban J connectivity index is 1.67. The average molecular weight is 445 g/mol. The molecule has 0 aromatic heterocycles. The summed E-state index contributed by atoms with van der Waals surface area (Å²) in [7, 11) is 0. The van der Waals surface area contributed by atoms with Gasteiger partial charge >= 0.3 is 0 Å². The lowest BCUT2D eigenvalue weighted by Crippen LogP contribution is -1.92. The summed E-state index contributed by atoms with van der Waals surface area (Å²) in [5.74, 6) is 0. The number of benzene rings is 7. The monoisotopic (exact) mass is 444 g/mol. The molecule has 0 saturated heterocycles. The third kappa shape index (κ3) is 3.15. The van der Waals surface area contributed by atoms with E-state index in [4.69, 9.17) is 0 Å². The molecule has 0 nitrogen and oxygen atoms in total. The molecule has 0 aliphatic rings. The largest absolute Gasteiger partial charge is 0.0616 e. The Morgan fingerprint density at radius 1 is 0.371 bits per heavy atom. The Morgan fingerprint density at radius 2 is 1.00 bits per heavy atom. The first kappa shape index (κ1) is 20.0. The molecule has 0 spiro atoms. The Hall–Kier alpha value is -4.42. The smallest absolute Gasteiger partial charge is 0.00201 e. The second-order valence-electron chi connectivity index (χ2n) is 9.43. The van der Waals surface area contributed by atoms with E-state index in [-0.39, 0.29) is 0 Å². The molecule has 0 aliphatic carbocycles. The van der Waals surface area contributed by atoms with E-state index in [0.29, 0.717) is 0 Å². The van der Waals surface area contributed by atoms with Crippen LogP contribution in [0.2, 0.25) is 0 Å². The molecule has 0 aliphatic heterocycles. The molecule has 0 heterocycles. The minimum absolute atomic E-state index is 1.26. The SMILES string of the molecule is Cc1ccc2c(-c3cccc4ccccc34)c3ccccc3c(-c3ccc4ccccc4c3)c2c1. The van der Waals surface area contributed by atoms with Gasteiger partial charge in [0, 0.05) is 0 Å². The minimum atomic E-state index is 1.26. The zero-order valence-corrected chi connectivity index (χ0v) is 19.6. The quantitative estimate of drug-likeness (QED) is 0.233. The van der Waals surface area contributed by atoms with Crippen LogP contribution in [-0.4, -0.2) is 0 Å². The van der Waals surface area contributed by atoms with Crippen LogP contribution in [0.5, 0.6) is 0 Å². The van der Waals surface area contributed by atoms with Crippen LogP contribution in [0.4, 0.5) is 0 Å². The summed E-state index contributed by atoms with van der Waals surface area (Å²) < 4.78 is 0. The molecule has 0 amide bonds. The molecule has 0 radical (unpaired) electrons. The fourth-order valence-electron chi connectivity index (χ4n) is 5.68. The molecular weight excluding hydrogens is 420 g/mol. The third-order valence-corrected chi connectivity index (χ3v) is 7.28. The number of fused-ring (bicyclic) bond motifs is 4. The molecule has 7 rings (SSSR count). The first-order chi connectivity index (χ1) is 17.3. The fourth-order valence-corrected chi connectivity index (χ4v) is 5.68. The topological polar surface area (TPSA) is 0 Å². The zero-order valence-electron chi connectivity index (χ0n) is 19.6. The third-order valence-electron chi connectivity index (χ3n) is 7.28. The molecule has 0 fully saturated rings. The summed E-state index contributed by atoms with van der Waals surface area (Å²) in [4.78, 5) is 0. The van der Waals surface area contributed by atoms with Crippen molar-refractivity contribution in [1.82, 2.24) is 0 Å². The summed E-state index contributed by atoms with van der Waals surface area (Å²) in [6.45, 7) is 2.19. The van der Waals surface area contributed by atoms with Crippen LogP contribution in [0, 0.1) is 6.92 Å². The minimum Gasteiger partial charge on any atom is -0.0616 e. The summed E-state index contributed by atoms with van der Waals surface area (Å²) in [6, 6.07) is 46.7. The van der Waals surface area contributed by atoms with Gasteiger partial charge in [0.2, 0.25) is 0 Å². The van der Waals surface area contributed by atoms with Crippen LogP contribution in [0.3, 0.4) is 0 Å². The lowest BCUT2D eigenvalue weighted by atomic mass is 9.84. The van der Waals surface area contributed by atoms with Crippen LogP contribution >= 0.6 is 0 Å². The van der Waals surface area contributed by atoms with Crippen molar-refractivity contribution in [2.24, 2.45) is 0 Å². The van der Waals surface area contributed by atoms with Crippen molar-refractivity contribution in [3.63, 3.8) is 0 Å². The van der Waals surface area contributed by atoms with Crippen molar-refractivity contribution < 1.29 is 0 Å². The summed E-state index contributed by atoms with van der Waals surface area (Å²) in [5, 5.41) is 10.3. The van der Waals surface area contributed by atoms with Gasteiger partial charge in [0.05, 0.1) is 0 Å². The van der Waals surface area contributed by atoms with Crippen molar-refractivity contribution in [2.75, 3.05) is 0 Å². The van der Waals surface area contributed by atoms with Gasteiger partial charge in [0.1, 0.15) is 0 Å². The molecule has 0 unspecified atom stereocenters. The van der Waals surface area contributed by atoms with Crippen molar-refractivity contribution in [3.05, 3.63) is 133 Å². The van der Waals surface area contributed by atoms with Gasteiger partial charge in [-0.3, -0.25) is 0 Å². The molecule has 0 bridgehead atoms. The fraction of sp³-hybridized carbons (Fsp3) is 0.0286. The van der Waals surface area contributed by atoms with Gasteiger partial charge < -0.3 is 0 Å². The number of hydrogen-bond acceptors (Lipinski definition) is 0. The van der Waals surface area contributed by atoms with E-state index < -0.39 is 0 Å². The summed E-state index contributed by atoms with van der Waals surface area (Å²) in [5.41, 5.74) is 6.46. The average Bonchev–Trinajstić information content (AvgIpc) is 2.91. The van der Waals surface area contributed by atoms with E-state index in [9.17, 15) is 0 Å². The van der Waals surface area contributed by atoms with Gasteiger partial charge in [-0.2, -0.15) is 0 Å². The van der Waals surface area contributed by atoms with E-state index >= 15 is 0 Å². The van der Waals surface area contributed by atoms with E-state index in [1.54, 1.807) is 0 Å². The molecular formula is C35H24. The molecule has 7 aromatic rings. The van der Waals surface area contributed by atoms with E-state index in [2.05, 4.69) is 134 Å².